The van der Waals surface area contributed by atoms with Gasteiger partial charge in [0.15, 0.2) is 0 Å². The Balaban J connectivity index is 0.000000105. The van der Waals surface area contributed by atoms with Crippen LogP contribution < -0.4 is 0 Å². The maximum absolute atomic E-state index is 6.56. The van der Waals surface area contributed by atoms with Gasteiger partial charge in [-0.2, -0.15) is 0 Å². The van der Waals surface area contributed by atoms with Crippen molar-refractivity contribution in [3.05, 3.63) is 448 Å². The van der Waals surface area contributed by atoms with Crippen molar-refractivity contribution in [2.24, 2.45) is 0 Å². The van der Waals surface area contributed by atoms with Crippen molar-refractivity contribution in [3.63, 3.8) is 0 Å². The minimum atomic E-state index is 0.0993. The van der Waals surface area contributed by atoms with Crippen molar-refractivity contribution in [1.82, 2.24) is 0 Å². The minimum Gasteiger partial charge on any atom is -0.456 e. The molecule has 25 aromatic carbocycles. The van der Waals surface area contributed by atoms with Crippen LogP contribution in [-0.4, -0.2) is 0 Å². The standard InChI is InChI=1S/2C44H26O.C44H38O/c1-4-14-31-27(9-1)12-7-16-33(31)35-21-19-29-20-22-37-39(34-17-8-13-28-10-2-5-15-32(28)34)26-40(38-24-23-36(35)43(29)44(37)38)42-25-30-11-3-6-18-41(30)45-42;1-3-9-30-23-32(15-13-27(30)7-1)35-19-17-29-18-20-37-39(33-16-14-28-8-2-4-10-31(28)24-33)26-40(38-22-21-36(35)43(29)44(37)38)42-25-34-11-5-6-12-41(34)45-42;1-43(2,3)31-17-11-27(12-18-31)33-21-15-29-16-22-35-37(28-13-19-32(20-14-28)44(4,5)6)26-38(36-24-23-34(33)41(29)42(35)36)40-25-30-9-7-8-10-39(30)45-40/h2*1-26H;7-26H,1-6H3. The lowest BCUT2D eigenvalue weighted by Gasteiger charge is -2.21. The van der Waals surface area contributed by atoms with Crippen LogP contribution in [-0.2, 0) is 10.8 Å². The van der Waals surface area contributed by atoms with Crippen LogP contribution >= 0.6 is 0 Å². The van der Waals surface area contributed by atoms with Gasteiger partial charge in [0.05, 0.1) is 0 Å². The Hall–Kier alpha value is -16.7. The Labute approximate surface area is 781 Å². The van der Waals surface area contributed by atoms with Crippen molar-refractivity contribution in [1.29, 1.82) is 0 Å². The lowest BCUT2D eigenvalue weighted by molar-refractivity contribution is 0.590. The van der Waals surface area contributed by atoms with Crippen LogP contribution in [0.4, 0.5) is 0 Å². The third-order valence-electron chi connectivity index (χ3n) is 28.8. The van der Waals surface area contributed by atoms with E-state index in [1.54, 1.807) is 0 Å². The van der Waals surface area contributed by atoms with Crippen molar-refractivity contribution in [2.45, 2.75) is 52.4 Å². The molecule has 28 aromatic rings. The van der Waals surface area contributed by atoms with Crippen LogP contribution in [0.1, 0.15) is 52.7 Å². The molecule has 636 valence electrons. The summed E-state index contributed by atoms with van der Waals surface area (Å²) in [7, 11) is 0. The highest BCUT2D eigenvalue weighted by molar-refractivity contribution is 6.34. The molecular weight excluding hydrogens is 1630 g/mol. The van der Waals surface area contributed by atoms with E-state index in [4.69, 9.17) is 13.3 Å². The molecule has 0 saturated heterocycles. The van der Waals surface area contributed by atoms with Crippen molar-refractivity contribution in [2.75, 3.05) is 0 Å². The van der Waals surface area contributed by atoms with Gasteiger partial charge in [0.2, 0.25) is 0 Å². The summed E-state index contributed by atoms with van der Waals surface area (Å²) in [6.07, 6.45) is 0. The first kappa shape index (κ1) is 79.2. The van der Waals surface area contributed by atoms with E-state index in [-0.39, 0.29) is 10.8 Å². The molecule has 0 fully saturated rings. The first-order chi connectivity index (χ1) is 66.2. The van der Waals surface area contributed by atoms with Gasteiger partial charge in [0.25, 0.3) is 0 Å². The van der Waals surface area contributed by atoms with E-state index in [0.717, 1.165) is 66.9 Å². The summed E-state index contributed by atoms with van der Waals surface area (Å²) in [5.41, 5.74) is 23.8. The molecule has 28 rings (SSSR count). The van der Waals surface area contributed by atoms with Crippen molar-refractivity contribution in [3.8, 4) is 101 Å². The van der Waals surface area contributed by atoms with Crippen LogP contribution in [0, 0.1) is 0 Å². The normalized spacial score (nSPS) is 12.2. The number of hydrogen-bond donors (Lipinski definition) is 0. The SMILES string of the molecule is CC(C)(C)c1ccc(-c2ccc3ccc4c(-c5ccc(C(C)(C)C)cc5)cc(-c5cc6ccccc6o5)c5ccc2c3c45)cc1.c1ccc2cc(-c3ccc4ccc5c(-c6ccc7ccccc7c6)cc(-c6cc7ccccc7o6)c6ccc3c4c56)ccc2c1.c1ccc2oc(-c3cc(-c4cccc5ccccc45)c4ccc5ccc(-c6cccc7ccccc67)c6ccc3c4c56)cc2c1. The highest BCUT2D eigenvalue weighted by Crippen LogP contribution is 2.53. The molecule has 0 aliphatic carbocycles. The van der Waals surface area contributed by atoms with E-state index in [1.807, 2.05) is 18.2 Å². The van der Waals surface area contributed by atoms with Gasteiger partial charge in [-0.3, -0.25) is 0 Å². The summed E-state index contributed by atoms with van der Waals surface area (Å²) < 4.78 is 19.6. The summed E-state index contributed by atoms with van der Waals surface area (Å²) in [6.45, 7) is 13.6. The molecule has 3 nitrogen and oxygen atoms in total. The Morgan fingerprint density at radius 2 is 0.400 bits per heavy atom. The molecule has 3 heterocycles. The first-order valence-electron chi connectivity index (χ1n) is 47.0. The summed E-state index contributed by atoms with van der Waals surface area (Å²) in [5.74, 6) is 2.69. The maximum Gasteiger partial charge on any atom is 0.136 e. The summed E-state index contributed by atoms with van der Waals surface area (Å²) in [4.78, 5) is 0. The predicted molar refractivity (Wildman–Crippen MR) is 576 cm³/mol. The first-order valence-corrected chi connectivity index (χ1v) is 47.0. The molecule has 0 radical (unpaired) electrons. The molecule has 0 atom stereocenters. The zero-order valence-electron chi connectivity index (χ0n) is 75.8. The van der Waals surface area contributed by atoms with Crippen LogP contribution in [0.5, 0.6) is 0 Å². The Morgan fingerprint density at radius 3 is 0.807 bits per heavy atom. The van der Waals surface area contributed by atoms with E-state index in [2.05, 4.69) is 460 Å². The molecule has 0 unspecified atom stereocenters. The summed E-state index contributed by atoms with van der Waals surface area (Å²) >= 11 is 0. The fourth-order valence-corrected chi connectivity index (χ4v) is 22.0. The van der Waals surface area contributed by atoms with Crippen LogP contribution in [0.15, 0.2) is 450 Å². The molecule has 3 aromatic heterocycles. The highest BCUT2D eigenvalue weighted by Gasteiger charge is 2.27. The summed E-state index contributed by atoms with van der Waals surface area (Å²) in [5, 5.41) is 36.2. The van der Waals surface area contributed by atoms with E-state index in [9.17, 15) is 0 Å². The Kier molecular flexibility index (Phi) is 18.2. The van der Waals surface area contributed by atoms with Crippen molar-refractivity contribution >= 4 is 173 Å². The monoisotopic (exact) mass is 1720 g/mol. The number of hydrogen-bond acceptors (Lipinski definition) is 3. The number of fused-ring (bicyclic) bond motifs is 7. The lowest BCUT2D eigenvalue weighted by Crippen LogP contribution is -2.10. The van der Waals surface area contributed by atoms with E-state index in [0.29, 0.717) is 0 Å². The third kappa shape index (κ3) is 13.2. The van der Waals surface area contributed by atoms with Crippen molar-refractivity contribution < 1.29 is 13.3 Å². The van der Waals surface area contributed by atoms with Crippen LogP contribution in [0.3, 0.4) is 0 Å². The fraction of sp³-hybridized carbons (Fsp3) is 0.0606. The zero-order valence-corrected chi connectivity index (χ0v) is 75.8. The molecule has 0 spiro atoms. The second-order valence-electron chi connectivity index (χ2n) is 38.8. The quantitative estimate of drug-likeness (QED) is 0.135. The zero-order chi connectivity index (χ0) is 90.1. The topological polar surface area (TPSA) is 39.4 Å². The van der Waals surface area contributed by atoms with E-state index < -0.39 is 0 Å². The highest BCUT2D eigenvalue weighted by atomic mass is 16.3. The number of para-hydroxylation sites is 3. The van der Waals surface area contributed by atoms with Gasteiger partial charge in [-0.15, -0.1) is 0 Å². The molecule has 0 aliphatic heterocycles. The average molecular weight is 1720 g/mol. The summed E-state index contributed by atoms with van der Waals surface area (Å²) in [6, 6.07) is 160. The van der Waals surface area contributed by atoms with Crippen LogP contribution in [0.2, 0.25) is 0 Å². The molecule has 0 saturated carbocycles. The number of furan rings is 3. The molecule has 0 bridgehead atoms. The van der Waals surface area contributed by atoms with Crippen LogP contribution in [0.25, 0.3) is 274 Å². The smallest absolute Gasteiger partial charge is 0.136 e. The molecular formula is C132H90O3. The van der Waals surface area contributed by atoms with Gasteiger partial charge in [0.1, 0.15) is 34.0 Å². The van der Waals surface area contributed by atoms with E-state index >= 15 is 0 Å². The number of benzene rings is 25. The Bertz CT molecular complexity index is 9520. The van der Waals surface area contributed by atoms with Gasteiger partial charge >= 0.3 is 0 Å². The second kappa shape index (κ2) is 31.0. The average Bonchev–Trinajstić information content (AvgIpc) is 1.51. The predicted octanol–water partition coefficient (Wildman–Crippen LogP) is 38.2. The maximum atomic E-state index is 6.56. The van der Waals surface area contributed by atoms with Gasteiger partial charge in [-0.05, 0) is 295 Å². The number of rotatable bonds is 9. The molecule has 0 amide bonds. The largest absolute Gasteiger partial charge is 0.456 e. The third-order valence-corrected chi connectivity index (χ3v) is 28.8. The molecule has 3 heteroatoms. The second-order valence-corrected chi connectivity index (χ2v) is 38.8. The minimum absolute atomic E-state index is 0.0993. The fourth-order valence-electron chi connectivity index (χ4n) is 22.0. The lowest BCUT2D eigenvalue weighted by atomic mass is 9.83. The van der Waals surface area contributed by atoms with Gasteiger partial charge in [-0.1, -0.05) is 412 Å². The molecule has 135 heavy (non-hydrogen) atoms. The Morgan fingerprint density at radius 1 is 0.141 bits per heavy atom. The van der Waals surface area contributed by atoms with Gasteiger partial charge in [-0.25, -0.2) is 0 Å². The van der Waals surface area contributed by atoms with E-state index in [1.165, 1.54) is 218 Å². The molecule has 0 N–H and O–H groups in total. The van der Waals surface area contributed by atoms with Gasteiger partial charge < -0.3 is 13.3 Å². The molecule has 0 aliphatic rings. The van der Waals surface area contributed by atoms with Gasteiger partial charge in [0, 0.05) is 32.8 Å².